The largest absolute Gasteiger partial charge is 0.495 e. The van der Waals surface area contributed by atoms with Crippen LogP contribution in [0.15, 0.2) is 42.5 Å². The number of imidazole rings is 1. The monoisotopic (exact) mass is 282 g/mol. The number of carbonyl (C=O) groups excluding carboxylic acids is 1. The van der Waals surface area contributed by atoms with E-state index in [1.165, 1.54) is 7.11 Å². The van der Waals surface area contributed by atoms with E-state index in [0.29, 0.717) is 22.9 Å². The fraction of sp³-hybridized carbons (Fsp3) is 0.0667. The Balaban J connectivity index is 1.89. The molecule has 106 valence electrons. The summed E-state index contributed by atoms with van der Waals surface area (Å²) in [5.74, 6) is 0.501. The van der Waals surface area contributed by atoms with Crippen molar-refractivity contribution < 1.29 is 9.53 Å². The number of hydrogen-bond donors (Lipinski definition) is 3. The number of nitrogen functional groups attached to an aromatic ring is 1. The zero-order chi connectivity index (χ0) is 14.8. The van der Waals surface area contributed by atoms with Crippen molar-refractivity contribution in [3.05, 3.63) is 48.0 Å². The normalized spacial score (nSPS) is 10.5. The number of aromatic nitrogens is 2. The molecule has 0 radical (unpaired) electrons. The summed E-state index contributed by atoms with van der Waals surface area (Å²) in [5, 5.41) is 2.70. The number of nitrogens with zero attached hydrogens (tertiary/aromatic N) is 1. The van der Waals surface area contributed by atoms with Gasteiger partial charge in [-0.2, -0.15) is 0 Å². The molecule has 0 aliphatic rings. The fourth-order valence-corrected chi connectivity index (χ4v) is 2.11. The molecule has 0 unspecified atom stereocenters. The molecule has 2 aromatic carbocycles. The van der Waals surface area contributed by atoms with Crippen molar-refractivity contribution in [2.24, 2.45) is 0 Å². The number of benzene rings is 2. The molecule has 0 fully saturated rings. The highest BCUT2D eigenvalue weighted by atomic mass is 16.5. The van der Waals surface area contributed by atoms with E-state index < -0.39 is 0 Å². The lowest BCUT2D eigenvalue weighted by Crippen LogP contribution is -2.15. The third kappa shape index (κ3) is 2.38. The van der Waals surface area contributed by atoms with Crippen molar-refractivity contribution in [2.75, 3.05) is 18.2 Å². The molecule has 0 atom stereocenters. The smallest absolute Gasteiger partial charge is 0.260 e. The zero-order valence-corrected chi connectivity index (χ0v) is 11.4. The summed E-state index contributed by atoms with van der Waals surface area (Å²) in [7, 11) is 1.51. The first-order valence-corrected chi connectivity index (χ1v) is 6.37. The lowest BCUT2D eigenvalue weighted by Gasteiger charge is -2.09. The highest BCUT2D eigenvalue weighted by molar-refractivity contribution is 6.08. The van der Waals surface area contributed by atoms with Crippen LogP contribution in [0.5, 0.6) is 5.75 Å². The van der Waals surface area contributed by atoms with Gasteiger partial charge in [-0.05, 0) is 24.3 Å². The second-order valence-corrected chi connectivity index (χ2v) is 4.48. The van der Waals surface area contributed by atoms with Gasteiger partial charge < -0.3 is 15.5 Å². The van der Waals surface area contributed by atoms with E-state index >= 15 is 0 Å². The SMILES string of the molecule is COc1cccc(C(=O)Nc2nc3ccccc3[nH]2)c1N. The van der Waals surface area contributed by atoms with Crippen LogP contribution >= 0.6 is 0 Å². The maximum Gasteiger partial charge on any atom is 0.260 e. The summed E-state index contributed by atoms with van der Waals surface area (Å²) in [4.78, 5) is 19.6. The van der Waals surface area contributed by atoms with Crippen molar-refractivity contribution in [1.82, 2.24) is 9.97 Å². The molecule has 0 bridgehead atoms. The van der Waals surface area contributed by atoms with Crippen LogP contribution in [-0.4, -0.2) is 23.0 Å². The molecular formula is C15H14N4O2. The summed E-state index contributed by atoms with van der Waals surface area (Å²) in [6.45, 7) is 0. The van der Waals surface area contributed by atoms with E-state index in [1.807, 2.05) is 24.3 Å². The number of nitrogens with two attached hydrogens (primary N) is 1. The Kier molecular flexibility index (Phi) is 3.19. The van der Waals surface area contributed by atoms with Gasteiger partial charge in [0.15, 0.2) is 0 Å². The molecule has 6 heteroatoms. The average Bonchev–Trinajstić information content (AvgIpc) is 2.89. The molecular weight excluding hydrogens is 268 g/mol. The Bertz CT molecular complexity index is 777. The number of fused-ring (bicyclic) bond motifs is 1. The summed E-state index contributed by atoms with van der Waals surface area (Å²) in [6, 6.07) is 12.6. The van der Waals surface area contributed by atoms with Gasteiger partial charge in [0.1, 0.15) is 5.75 Å². The number of carbonyl (C=O) groups is 1. The third-order valence-corrected chi connectivity index (χ3v) is 3.15. The van der Waals surface area contributed by atoms with E-state index in [1.54, 1.807) is 18.2 Å². The Morgan fingerprint density at radius 3 is 2.81 bits per heavy atom. The fourth-order valence-electron chi connectivity index (χ4n) is 2.11. The molecule has 1 amide bonds. The summed E-state index contributed by atoms with van der Waals surface area (Å²) >= 11 is 0. The summed E-state index contributed by atoms with van der Waals surface area (Å²) in [6.07, 6.45) is 0. The molecule has 1 heterocycles. The second kappa shape index (κ2) is 5.16. The van der Waals surface area contributed by atoms with Crippen LogP contribution in [0.2, 0.25) is 0 Å². The van der Waals surface area contributed by atoms with Crippen molar-refractivity contribution in [3.63, 3.8) is 0 Å². The van der Waals surface area contributed by atoms with E-state index in [2.05, 4.69) is 15.3 Å². The number of ether oxygens (including phenoxy) is 1. The van der Waals surface area contributed by atoms with E-state index in [4.69, 9.17) is 10.5 Å². The van der Waals surface area contributed by atoms with Crippen molar-refractivity contribution in [1.29, 1.82) is 0 Å². The van der Waals surface area contributed by atoms with Crippen molar-refractivity contribution >= 4 is 28.6 Å². The van der Waals surface area contributed by atoms with Gasteiger partial charge in [0.05, 0.1) is 29.4 Å². The Morgan fingerprint density at radius 2 is 2.05 bits per heavy atom. The molecule has 4 N–H and O–H groups in total. The van der Waals surface area contributed by atoms with Gasteiger partial charge in [-0.15, -0.1) is 0 Å². The van der Waals surface area contributed by atoms with Crippen LogP contribution in [0, 0.1) is 0 Å². The minimum Gasteiger partial charge on any atom is -0.495 e. The highest BCUT2D eigenvalue weighted by Crippen LogP contribution is 2.25. The predicted octanol–water partition coefficient (Wildman–Crippen LogP) is 2.41. The third-order valence-electron chi connectivity index (χ3n) is 3.15. The van der Waals surface area contributed by atoms with Crippen LogP contribution in [0.1, 0.15) is 10.4 Å². The van der Waals surface area contributed by atoms with Crippen LogP contribution in [0.25, 0.3) is 11.0 Å². The minimum atomic E-state index is -0.342. The van der Waals surface area contributed by atoms with Crippen molar-refractivity contribution in [2.45, 2.75) is 0 Å². The maximum atomic E-state index is 12.3. The lowest BCUT2D eigenvalue weighted by atomic mass is 10.1. The number of amides is 1. The number of rotatable bonds is 3. The minimum absolute atomic E-state index is 0.300. The van der Waals surface area contributed by atoms with Crippen LogP contribution in [0.3, 0.4) is 0 Å². The van der Waals surface area contributed by atoms with Crippen LogP contribution in [-0.2, 0) is 0 Å². The molecule has 1 aromatic heterocycles. The standard InChI is InChI=1S/C15H14N4O2/c1-21-12-8-4-5-9(13(12)16)14(20)19-15-17-10-6-2-3-7-11(10)18-15/h2-8H,16H2,1H3,(H2,17,18,19,20). The number of methoxy groups -OCH3 is 1. The number of hydrogen-bond acceptors (Lipinski definition) is 4. The van der Waals surface area contributed by atoms with Crippen LogP contribution < -0.4 is 15.8 Å². The Hall–Kier alpha value is -3.02. The first kappa shape index (κ1) is 13.0. The number of nitrogens with one attached hydrogen (secondary N) is 2. The molecule has 0 saturated carbocycles. The first-order valence-electron chi connectivity index (χ1n) is 6.37. The predicted molar refractivity (Wildman–Crippen MR) is 81.5 cm³/mol. The number of H-pyrrole nitrogens is 1. The zero-order valence-electron chi connectivity index (χ0n) is 11.4. The average molecular weight is 282 g/mol. The van der Waals surface area contributed by atoms with E-state index in [9.17, 15) is 4.79 Å². The number of para-hydroxylation sites is 3. The first-order chi connectivity index (χ1) is 10.2. The molecule has 0 spiro atoms. The number of anilines is 2. The highest BCUT2D eigenvalue weighted by Gasteiger charge is 2.14. The van der Waals surface area contributed by atoms with Gasteiger partial charge in [-0.3, -0.25) is 10.1 Å². The molecule has 3 rings (SSSR count). The van der Waals surface area contributed by atoms with E-state index in [-0.39, 0.29) is 5.91 Å². The Labute approximate surface area is 120 Å². The van der Waals surface area contributed by atoms with E-state index in [0.717, 1.165) is 11.0 Å². The molecule has 0 saturated heterocycles. The Morgan fingerprint density at radius 1 is 1.24 bits per heavy atom. The maximum absolute atomic E-state index is 12.3. The molecule has 6 nitrogen and oxygen atoms in total. The quantitative estimate of drug-likeness (QED) is 0.643. The molecule has 0 aliphatic heterocycles. The lowest BCUT2D eigenvalue weighted by molar-refractivity contribution is 0.102. The number of aromatic amines is 1. The van der Waals surface area contributed by atoms with Crippen molar-refractivity contribution in [3.8, 4) is 5.75 Å². The topological polar surface area (TPSA) is 93.0 Å². The van der Waals surface area contributed by atoms with Crippen LogP contribution in [0.4, 0.5) is 11.6 Å². The van der Waals surface area contributed by atoms with Gasteiger partial charge in [0, 0.05) is 0 Å². The molecule has 3 aromatic rings. The van der Waals surface area contributed by atoms with Gasteiger partial charge in [0.25, 0.3) is 5.91 Å². The molecule has 0 aliphatic carbocycles. The summed E-state index contributed by atoms with van der Waals surface area (Å²) < 4.78 is 5.11. The van der Waals surface area contributed by atoms with Gasteiger partial charge in [-0.1, -0.05) is 18.2 Å². The summed E-state index contributed by atoms with van der Waals surface area (Å²) in [5.41, 5.74) is 8.19. The van der Waals surface area contributed by atoms with Gasteiger partial charge in [0.2, 0.25) is 5.95 Å². The second-order valence-electron chi connectivity index (χ2n) is 4.48. The van der Waals surface area contributed by atoms with Gasteiger partial charge >= 0.3 is 0 Å². The van der Waals surface area contributed by atoms with Gasteiger partial charge in [-0.25, -0.2) is 4.98 Å². The molecule has 21 heavy (non-hydrogen) atoms.